The minimum absolute atomic E-state index is 0.0818. The molecule has 5 N–H and O–H groups in total. The summed E-state index contributed by atoms with van der Waals surface area (Å²) in [5.41, 5.74) is 6.56. The summed E-state index contributed by atoms with van der Waals surface area (Å²) in [6.07, 6.45) is 1.02. The van der Waals surface area contributed by atoms with Gasteiger partial charge in [0.15, 0.2) is 0 Å². The third-order valence-corrected chi connectivity index (χ3v) is 5.61. The number of nitrogens with one attached hydrogen (secondary N) is 3. The second kappa shape index (κ2) is 11.0. The zero-order valence-corrected chi connectivity index (χ0v) is 18.5. The number of piperazine rings is 1. The van der Waals surface area contributed by atoms with Crippen LogP contribution in [-0.4, -0.2) is 92.6 Å². The number of hydrogen-bond acceptors (Lipinski definition) is 10. The SMILES string of the molecule is N=Cc1nc(N2CCOCC2)nc(Nc2ccc(OCCN3CCNCC3)cc2)c1C(N)=O. The largest absolute Gasteiger partial charge is 0.492 e. The number of nitrogens with two attached hydrogens (primary N) is 1. The fourth-order valence-corrected chi connectivity index (χ4v) is 3.81. The summed E-state index contributed by atoms with van der Waals surface area (Å²) >= 11 is 0. The number of morpholine rings is 1. The summed E-state index contributed by atoms with van der Waals surface area (Å²) in [7, 11) is 0. The topological polar surface area (TPSA) is 142 Å². The highest BCUT2D eigenvalue weighted by Crippen LogP contribution is 2.25. The first-order valence-electron chi connectivity index (χ1n) is 11.1. The smallest absolute Gasteiger partial charge is 0.254 e. The lowest BCUT2D eigenvalue weighted by molar-refractivity contribution is 0.1000. The number of ether oxygens (including phenoxy) is 2. The fourth-order valence-electron chi connectivity index (χ4n) is 3.81. The molecule has 0 saturated carbocycles. The normalized spacial score (nSPS) is 16.9. The molecule has 11 heteroatoms. The molecule has 4 rings (SSSR count). The number of hydrogen-bond donors (Lipinski definition) is 4. The Morgan fingerprint density at radius 1 is 1.18 bits per heavy atom. The molecule has 33 heavy (non-hydrogen) atoms. The number of amides is 1. The Balaban J connectivity index is 1.46. The molecule has 176 valence electrons. The van der Waals surface area contributed by atoms with Crippen LogP contribution in [0.2, 0.25) is 0 Å². The van der Waals surface area contributed by atoms with Crippen molar-refractivity contribution in [2.75, 3.05) is 75.9 Å². The summed E-state index contributed by atoms with van der Waals surface area (Å²) in [6.45, 7) is 8.03. The molecule has 2 aliphatic heterocycles. The van der Waals surface area contributed by atoms with Gasteiger partial charge in [-0.3, -0.25) is 9.69 Å². The minimum atomic E-state index is -0.697. The Hall–Kier alpha value is -3.28. The number of carbonyl (C=O) groups is 1. The van der Waals surface area contributed by atoms with E-state index in [0.29, 0.717) is 38.9 Å². The van der Waals surface area contributed by atoms with Crippen molar-refractivity contribution in [3.8, 4) is 5.75 Å². The van der Waals surface area contributed by atoms with Crippen LogP contribution in [0, 0.1) is 5.41 Å². The predicted octanol–water partition coefficient (Wildman–Crippen LogP) is 0.437. The molecular formula is C22H30N8O3. The number of aromatic nitrogens is 2. The van der Waals surface area contributed by atoms with E-state index in [9.17, 15) is 4.79 Å². The molecular weight excluding hydrogens is 424 g/mol. The molecule has 0 bridgehead atoms. The highest BCUT2D eigenvalue weighted by atomic mass is 16.5. The number of rotatable bonds is 9. The second-order valence-electron chi connectivity index (χ2n) is 7.83. The minimum Gasteiger partial charge on any atom is -0.492 e. The Morgan fingerprint density at radius 3 is 2.58 bits per heavy atom. The summed E-state index contributed by atoms with van der Waals surface area (Å²) in [4.78, 5) is 25.4. The Bertz CT molecular complexity index is 957. The van der Waals surface area contributed by atoms with Crippen molar-refractivity contribution in [2.45, 2.75) is 0 Å². The van der Waals surface area contributed by atoms with Crippen LogP contribution in [0.4, 0.5) is 17.5 Å². The molecule has 1 aromatic heterocycles. The van der Waals surface area contributed by atoms with Crippen molar-refractivity contribution in [2.24, 2.45) is 5.73 Å². The summed E-state index contributed by atoms with van der Waals surface area (Å²) < 4.78 is 11.3. The maximum Gasteiger partial charge on any atom is 0.254 e. The van der Waals surface area contributed by atoms with Gasteiger partial charge < -0.3 is 36.2 Å². The van der Waals surface area contributed by atoms with Crippen LogP contribution in [0.5, 0.6) is 5.75 Å². The van der Waals surface area contributed by atoms with Gasteiger partial charge >= 0.3 is 0 Å². The Morgan fingerprint density at radius 2 is 1.91 bits per heavy atom. The van der Waals surface area contributed by atoms with Gasteiger partial charge in [0, 0.05) is 57.7 Å². The molecule has 3 heterocycles. The van der Waals surface area contributed by atoms with Gasteiger partial charge in [-0.05, 0) is 24.3 Å². The van der Waals surface area contributed by atoms with Crippen LogP contribution in [-0.2, 0) is 4.74 Å². The molecule has 1 amide bonds. The zero-order chi connectivity index (χ0) is 23.0. The van der Waals surface area contributed by atoms with Crippen LogP contribution in [0.15, 0.2) is 24.3 Å². The molecule has 2 fully saturated rings. The van der Waals surface area contributed by atoms with E-state index in [4.69, 9.17) is 20.6 Å². The van der Waals surface area contributed by atoms with E-state index in [1.54, 1.807) is 0 Å². The van der Waals surface area contributed by atoms with Gasteiger partial charge in [0.1, 0.15) is 29.4 Å². The maximum atomic E-state index is 12.1. The molecule has 2 aromatic rings. The van der Waals surface area contributed by atoms with E-state index in [1.165, 1.54) is 0 Å². The van der Waals surface area contributed by atoms with Crippen molar-refractivity contribution in [3.63, 3.8) is 0 Å². The van der Waals surface area contributed by atoms with Gasteiger partial charge in [-0.1, -0.05) is 0 Å². The summed E-state index contributed by atoms with van der Waals surface area (Å²) in [6, 6.07) is 7.44. The third kappa shape index (κ3) is 5.95. The summed E-state index contributed by atoms with van der Waals surface area (Å²) in [5.74, 6) is 0.766. The van der Waals surface area contributed by atoms with Crippen molar-refractivity contribution < 1.29 is 14.3 Å². The van der Waals surface area contributed by atoms with E-state index in [1.807, 2.05) is 29.2 Å². The molecule has 0 spiro atoms. The molecule has 0 radical (unpaired) electrons. The predicted molar refractivity (Wildman–Crippen MR) is 126 cm³/mol. The fraction of sp³-hybridized carbons (Fsp3) is 0.455. The van der Waals surface area contributed by atoms with Crippen LogP contribution < -0.4 is 26.0 Å². The first-order valence-corrected chi connectivity index (χ1v) is 11.1. The number of carbonyl (C=O) groups excluding carboxylic acids is 1. The molecule has 0 aliphatic carbocycles. The van der Waals surface area contributed by atoms with Crippen molar-refractivity contribution >= 4 is 29.6 Å². The zero-order valence-electron chi connectivity index (χ0n) is 18.5. The van der Waals surface area contributed by atoms with Gasteiger partial charge in [0.2, 0.25) is 5.95 Å². The molecule has 2 saturated heterocycles. The van der Waals surface area contributed by atoms with Crippen LogP contribution in [0.25, 0.3) is 0 Å². The lowest BCUT2D eigenvalue weighted by Crippen LogP contribution is -2.44. The van der Waals surface area contributed by atoms with E-state index in [-0.39, 0.29) is 17.1 Å². The quantitative estimate of drug-likeness (QED) is 0.397. The molecule has 0 atom stereocenters. The monoisotopic (exact) mass is 454 g/mol. The highest BCUT2D eigenvalue weighted by molar-refractivity contribution is 6.04. The first kappa shape index (κ1) is 22.9. The Kier molecular flexibility index (Phi) is 7.66. The molecule has 0 unspecified atom stereocenters. The standard InChI is InChI=1S/C22H30N8O3/c23-15-18-19(20(24)31)21(28-22(27-18)30-10-12-32-13-11-30)26-16-1-3-17(4-2-16)33-14-9-29-7-5-25-6-8-29/h1-4,15,23,25H,5-14H2,(H2,24,31)(H,26,27,28). The van der Waals surface area contributed by atoms with Crippen LogP contribution in [0.1, 0.15) is 16.1 Å². The van der Waals surface area contributed by atoms with E-state index >= 15 is 0 Å². The van der Waals surface area contributed by atoms with E-state index in [2.05, 4.69) is 25.5 Å². The van der Waals surface area contributed by atoms with E-state index in [0.717, 1.165) is 50.4 Å². The first-order chi connectivity index (χ1) is 16.1. The number of anilines is 3. The van der Waals surface area contributed by atoms with Crippen molar-refractivity contribution in [3.05, 3.63) is 35.5 Å². The van der Waals surface area contributed by atoms with Crippen LogP contribution >= 0.6 is 0 Å². The van der Waals surface area contributed by atoms with Crippen molar-refractivity contribution in [1.29, 1.82) is 5.41 Å². The molecule has 1 aromatic carbocycles. The number of benzene rings is 1. The molecule has 2 aliphatic rings. The van der Waals surface area contributed by atoms with Gasteiger partial charge in [-0.25, -0.2) is 4.98 Å². The van der Waals surface area contributed by atoms with Crippen molar-refractivity contribution in [1.82, 2.24) is 20.2 Å². The van der Waals surface area contributed by atoms with Gasteiger partial charge in [0.25, 0.3) is 5.91 Å². The third-order valence-electron chi connectivity index (χ3n) is 5.61. The summed E-state index contributed by atoms with van der Waals surface area (Å²) in [5, 5.41) is 14.2. The highest BCUT2D eigenvalue weighted by Gasteiger charge is 2.22. The average molecular weight is 455 g/mol. The lowest BCUT2D eigenvalue weighted by Gasteiger charge is -2.27. The maximum absolute atomic E-state index is 12.1. The van der Waals surface area contributed by atoms with Crippen LogP contribution in [0.3, 0.4) is 0 Å². The molecule has 11 nitrogen and oxygen atoms in total. The number of primary amides is 1. The van der Waals surface area contributed by atoms with Gasteiger partial charge in [-0.2, -0.15) is 4.98 Å². The number of nitrogens with zero attached hydrogens (tertiary/aromatic N) is 4. The second-order valence-corrected chi connectivity index (χ2v) is 7.83. The Labute approximate surface area is 192 Å². The average Bonchev–Trinajstić information content (AvgIpc) is 2.85. The van der Waals surface area contributed by atoms with Gasteiger partial charge in [-0.15, -0.1) is 0 Å². The van der Waals surface area contributed by atoms with E-state index < -0.39 is 5.91 Å². The lowest BCUT2D eigenvalue weighted by atomic mass is 10.2. The van der Waals surface area contributed by atoms with Gasteiger partial charge in [0.05, 0.1) is 13.2 Å².